The van der Waals surface area contributed by atoms with Crippen molar-refractivity contribution in [3.05, 3.63) is 101 Å². The van der Waals surface area contributed by atoms with Crippen molar-refractivity contribution in [3.8, 4) is 0 Å². The molecule has 7 nitrogen and oxygen atoms in total. The number of amides is 4. The highest BCUT2D eigenvalue weighted by Gasteiger charge is 2.44. The summed E-state index contributed by atoms with van der Waals surface area (Å²) in [6.07, 6.45) is 5.24. The molecule has 3 aliphatic rings. The van der Waals surface area contributed by atoms with Crippen LogP contribution in [-0.4, -0.2) is 53.8 Å². The van der Waals surface area contributed by atoms with E-state index < -0.39 is 0 Å². The first-order valence-electron chi connectivity index (χ1n) is 14.5. The number of anilines is 1. The molecule has 0 aromatic heterocycles. The van der Waals surface area contributed by atoms with Crippen LogP contribution < -0.4 is 10.2 Å². The number of imide groups is 1. The lowest BCUT2D eigenvalue weighted by molar-refractivity contribution is 0.0651. The molecule has 1 N–H and O–H groups in total. The molecule has 0 bridgehead atoms. The molecule has 1 saturated heterocycles. The number of fused-ring (bicyclic) bond motifs is 3. The molecule has 206 valence electrons. The van der Waals surface area contributed by atoms with Gasteiger partial charge in [-0.05, 0) is 49.4 Å². The summed E-state index contributed by atoms with van der Waals surface area (Å²) in [5, 5.41) is 3.41. The number of hydrogen-bond donors (Lipinski definition) is 1. The number of likely N-dealkylation sites (tertiary alicyclic amines) is 1. The molecule has 0 unspecified atom stereocenters. The maximum atomic E-state index is 13.4. The molecule has 40 heavy (non-hydrogen) atoms. The molecule has 0 atom stereocenters. The minimum absolute atomic E-state index is 0.0127. The zero-order chi connectivity index (χ0) is 27.5. The van der Waals surface area contributed by atoms with Crippen molar-refractivity contribution in [2.24, 2.45) is 0 Å². The number of benzene rings is 3. The summed E-state index contributed by atoms with van der Waals surface area (Å²) >= 11 is 0. The first-order chi connectivity index (χ1) is 19.6. The van der Waals surface area contributed by atoms with Gasteiger partial charge in [0.15, 0.2) is 0 Å². The minimum atomic E-state index is -0.316. The average molecular weight is 537 g/mol. The Morgan fingerprint density at radius 3 is 1.90 bits per heavy atom. The number of nitrogens with one attached hydrogen (secondary N) is 1. The van der Waals surface area contributed by atoms with Crippen LogP contribution in [0.25, 0.3) is 0 Å². The Morgan fingerprint density at radius 2 is 1.23 bits per heavy atom. The van der Waals surface area contributed by atoms with E-state index in [0.29, 0.717) is 24.2 Å². The first kappa shape index (κ1) is 26.3. The molecule has 1 fully saturated rings. The van der Waals surface area contributed by atoms with Crippen molar-refractivity contribution in [1.82, 2.24) is 15.1 Å². The molecule has 0 aliphatic carbocycles. The largest absolute Gasteiger partial charge is 0.328 e. The third-order valence-corrected chi connectivity index (χ3v) is 8.65. The van der Waals surface area contributed by atoms with Crippen LogP contribution in [0.3, 0.4) is 0 Å². The number of carbonyl (C=O) groups excluding carboxylic acids is 3. The second-order valence-corrected chi connectivity index (χ2v) is 11.2. The Balaban J connectivity index is 1.01. The lowest BCUT2D eigenvalue weighted by Gasteiger charge is -2.48. The summed E-state index contributed by atoms with van der Waals surface area (Å²) in [6, 6.07) is 25.9. The lowest BCUT2D eigenvalue weighted by Crippen LogP contribution is -2.60. The second kappa shape index (κ2) is 11.3. The highest BCUT2D eigenvalue weighted by atomic mass is 16.2. The monoisotopic (exact) mass is 536 g/mol. The maximum Gasteiger partial charge on any atom is 0.322 e. The van der Waals surface area contributed by atoms with E-state index in [1.165, 1.54) is 16.0 Å². The van der Waals surface area contributed by atoms with Gasteiger partial charge in [0.2, 0.25) is 0 Å². The molecular weight excluding hydrogens is 500 g/mol. The summed E-state index contributed by atoms with van der Waals surface area (Å²) in [6.45, 7) is 3.90. The van der Waals surface area contributed by atoms with Gasteiger partial charge in [-0.2, -0.15) is 0 Å². The number of unbranched alkanes of at least 4 members (excludes halogenated alkanes) is 3. The fraction of sp³-hybridized carbons (Fsp3) is 0.364. The molecule has 4 amide bonds. The maximum absolute atomic E-state index is 13.4. The minimum Gasteiger partial charge on any atom is -0.328 e. The van der Waals surface area contributed by atoms with E-state index >= 15 is 0 Å². The number of piperidine rings is 1. The molecule has 3 heterocycles. The molecule has 3 aliphatic heterocycles. The van der Waals surface area contributed by atoms with Crippen molar-refractivity contribution in [2.45, 2.75) is 50.6 Å². The van der Waals surface area contributed by atoms with Gasteiger partial charge < -0.3 is 5.32 Å². The standard InChI is InChI=1S/C33H36N4O3/c38-30-26-14-6-7-15-27(26)31(39)37(30)21-11-2-1-10-20-36-29-17-9-8-16-28(29)33(34-32(36)40)18-22-35(23-19-33)24-25-12-4-3-5-13-25/h3-9,12-17H,1-2,10-11,18-24H2,(H,34,40). The third-order valence-electron chi connectivity index (χ3n) is 8.65. The van der Waals surface area contributed by atoms with E-state index in [9.17, 15) is 14.4 Å². The van der Waals surface area contributed by atoms with Gasteiger partial charge in [0.05, 0.1) is 22.4 Å². The summed E-state index contributed by atoms with van der Waals surface area (Å²) in [4.78, 5) is 44.3. The van der Waals surface area contributed by atoms with Crippen molar-refractivity contribution < 1.29 is 14.4 Å². The topological polar surface area (TPSA) is 73.0 Å². The van der Waals surface area contributed by atoms with E-state index in [1.54, 1.807) is 24.3 Å². The van der Waals surface area contributed by atoms with Gasteiger partial charge in [0.1, 0.15) is 0 Å². The normalized spacial score (nSPS) is 18.1. The quantitative estimate of drug-likeness (QED) is 0.287. The van der Waals surface area contributed by atoms with Crippen LogP contribution in [0.4, 0.5) is 10.5 Å². The van der Waals surface area contributed by atoms with Crippen molar-refractivity contribution in [1.29, 1.82) is 0 Å². The molecule has 3 aromatic rings. The molecule has 1 spiro atoms. The highest BCUT2D eigenvalue weighted by Crippen LogP contribution is 2.42. The Kier molecular flexibility index (Phi) is 7.39. The lowest BCUT2D eigenvalue weighted by atomic mass is 9.78. The Hall–Kier alpha value is -3.97. The van der Waals surface area contributed by atoms with Gasteiger partial charge in [0, 0.05) is 38.3 Å². The van der Waals surface area contributed by atoms with Gasteiger partial charge in [-0.25, -0.2) is 4.79 Å². The smallest absolute Gasteiger partial charge is 0.322 e. The molecular formula is C33H36N4O3. The molecule has 0 saturated carbocycles. The van der Waals surface area contributed by atoms with Crippen LogP contribution in [0.5, 0.6) is 0 Å². The van der Waals surface area contributed by atoms with Gasteiger partial charge >= 0.3 is 6.03 Å². The summed E-state index contributed by atoms with van der Waals surface area (Å²) in [5.41, 5.74) is 4.25. The summed E-state index contributed by atoms with van der Waals surface area (Å²) < 4.78 is 0. The van der Waals surface area contributed by atoms with Crippen LogP contribution in [-0.2, 0) is 12.1 Å². The summed E-state index contributed by atoms with van der Waals surface area (Å²) in [5.74, 6) is -0.385. The molecule has 6 rings (SSSR count). The predicted molar refractivity (Wildman–Crippen MR) is 155 cm³/mol. The van der Waals surface area contributed by atoms with Crippen LogP contribution in [0, 0.1) is 0 Å². The Morgan fingerprint density at radius 1 is 0.650 bits per heavy atom. The Labute approximate surface area is 235 Å². The fourth-order valence-corrected chi connectivity index (χ4v) is 6.45. The van der Waals surface area contributed by atoms with Gasteiger partial charge in [-0.1, -0.05) is 73.5 Å². The van der Waals surface area contributed by atoms with Crippen molar-refractivity contribution >= 4 is 23.5 Å². The van der Waals surface area contributed by atoms with E-state index in [-0.39, 0.29) is 23.4 Å². The number of nitrogens with zero attached hydrogens (tertiary/aromatic N) is 3. The van der Waals surface area contributed by atoms with Gasteiger partial charge in [0.25, 0.3) is 11.8 Å². The van der Waals surface area contributed by atoms with E-state index in [2.05, 4.69) is 52.7 Å². The highest BCUT2D eigenvalue weighted by molar-refractivity contribution is 6.21. The van der Waals surface area contributed by atoms with E-state index in [0.717, 1.165) is 63.8 Å². The number of carbonyl (C=O) groups is 3. The molecule has 0 radical (unpaired) electrons. The van der Waals surface area contributed by atoms with E-state index in [4.69, 9.17) is 0 Å². The fourth-order valence-electron chi connectivity index (χ4n) is 6.45. The average Bonchev–Trinajstić information content (AvgIpc) is 3.23. The number of hydrogen-bond acceptors (Lipinski definition) is 4. The van der Waals surface area contributed by atoms with Gasteiger partial charge in [-0.15, -0.1) is 0 Å². The zero-order valence-electron chi connectivity index (χ0n) is 22.9. The van der Waals surface area contributed by atoms with Crippen LogP contribution >= 0.6 is 0 Å². The van der Waals surface area contributed by atoms with Crippen LogP contribution in [0.1, 0.15) is 70.4 Å². The van der Waals surface area contributed by atoms with Crippen LogP contribution in [0.2, 0.25) is 0 Å². The SMILES string of the molecule is O=C1c2ccccc2C(=O)N1CCCCCCN1C(=O)NC2(CCN(Cc3ccccc3)CC2)c2ccccc21. The van der Waals surface area contributed by atoms with Gasteiger partial charge in [-0.3, -0.25) is 24.3 Å². The van der Waals surface area contributed by atoms with Crippen LogP contribution in [0.15, 0.2) is 78.9 Å². The second-order valence-electron chi connectivity index (χ2n) is 11.2. The summed E-state index contributed by atoms with van der Waals surface area (Å²) in [7, 11) is 0. The predicted octanol–water partition coefficient (Wildman–Crippen LogP) is 5.56. The number of rotatable bonds is 9. The third kappa shape index (κ3) is 5.02. The zero-order valence-corrected chi connectivity index (χ0v) is 22.9. The first-order valence-corrected chi connectivity index (χ1v) is 14.5. The van der Waals surface area contributed by atoms with Crippen molar-refractivity contribution in [3.63, 3.8) is 0 Å². The Bertz CT molecular complexity index is 1360. The molecule has 7 heteroatoms. The van der Waals surface area contributed by atoms with Crippen molar-refractivity contribution in [2.75, 3.05) is 31.1 Å². The molecule has 3 aromatic carbocycles. The van der Waals surface area contributed by atoms with E-state index in [1.807, 2.05) is 17.0 Å². The number of para-hydroxylation sites is 1. The number of urea groups is 1.